The molecule has 0 aliphatic rings. The normalized spacial score (nSPS) is 12.1. The molecule has 0 saturated carbocycles. The van der Waals surface area contributed by atoms with Crippen LogP contribution in [0, 0.1) is 0 Å². The minimum atomic E-state index is -0.328. The largest absolute Gasteiger partial charge is 0.493 e. The maximum atomic E-state index is 6.38. The summed E-state index contributed by atoms with van der Waals surface area (Å²) >= 11 is 13.0. The number of benzene rings is 2. The Kier molecular flexibility index (Phi) is 5.54. The van der Waals surface area contributed by atoms with E-state index in [1.165, 1.54) is 0 Å². The molecule has 0 aliphatic heterocycles. The molecule has 2 N–H and O–H groups in total. The van der Waals surface area contributed by atoms with Gasteiger partial charge in [-0.15, -0.1) is 0 Å². The minimum absolute atomic E-state index is 0.328. The lowest BCUT2D eigenvalue weighted by atomic mass is 9.99. The Morgan fingerprint density at radius 2 is 1.52 bits per heavy atom. The summed E-state index contributed by atoms with van der Waals surface area (Å²) < 4.78 is 12.3. The molecule has 0 saturated heterocycles. The van der Waals surface area contributed by atoms with Crippen molar-refractivity contribution >= 4 is 43.5 Å². The number of ether oxygens (including phenoxy) is 2. The van der Waals surface area contributed by atoms with E-state index in [4.69, 9.17) is 26.8 Å². The van der Waals surface area contributed by atoms with Crippen LogP contribution in [0.25, 0.3) is 0 Å². The van der Waals surface area contributed by atoms with Crippen LogP contribution < -0.4 is 15.2 Å². The summed E-state index contributed by atoms with van der Waals surface area (Å²) in [7, 11) is 3.19. The van der Waals surface area contributed by atoms with Crippen LogP contribution >= 0.6 is 43.5 Å². The highest BCUT2D eigenvalue weighted by atomic mass is 79.9. The average Bonchev–Trinajstić information content (AvgIpc) is 2.46. The molecule has 1 atom stereocenters. The predicted molar refractivity (Wildman–Crippen MR) is 92.4 cm³/mol. The van der Waals surface area contributed by atoms with E-state index in [0.717, 1.165) is 20.1 Å². The molecule has 0 spiro atoms. The van der Waals surface area contributed by atoms with Gasteiger partial charge in [-0.3, -0.25) is 0 Å². The number of rotatable bonds is 4. The lowest BCUT2D eigenvalue weighted by molar-refractivity contribution is 0.354. The third kappa shape index (κ3) is 3.54. The number of halogens is 3. The average molecular weight is 436 g/mol. The van der Waals surface area contributed by atoms with Gasteiger partial charge in [0.15, 0.2) is 11.5 Å². The highest BCUT2D eigenvalue weighted by Crippen LogP contribution is 2.38. The van der Waals surface area contributed by atoms with Gasteiger partial charge in [0.1, 0.15) is 0 Å². The molecule has 0 aromatic heterocycles. The van der Waals surface area contributed by atoms with Gasteiger partial charge in [-0.1, -0.05) is 49.5 Å². The van der Waals surface area contributed by atoms with Crippen molar-refractivity contribution in [3.63, 3.8) is 0 Å². The second-order valence-electron chi connectivity index (χ2n) is 4.37. The Morgan fingerprint density at radius 1 is 0.952 bits per heavy atom. The number of hydrogen-bond acceptors (Lipinski definition) is 3. The molecule has 0 bridgehead atoms. The van der Waals surface area contributed by atoms with Crippen LogP contribution in [0.5, 0.6) is 11.5 Å². The van der Waals surface area contributed by atoms with Gasteiger partial charge in [0.25, 0.3) is 0 Å². The fraction of sp³-hybridized carbons (Fsp3) is 0.200. The molecular formula is C15H14Br2ClNO2. The molecular weight excluding hydrogens is 421 g/mol. The van der Waals surface area contributed by atoms with Crippen LogP contribution in [0.2, 0.25) is 5.02 Å². The van der Waals surface area contributed by atoms with E-state index in [9.17, 15) is 0 Å². The van der Waals surface area contributed by atoms with Gasteiger partial charge in [-0.2, -0.15) is 0 Å². The zero-order chi connectivity index (χ0) is 15.6. The second kappa shape index (κ2) is 7.01. The van der Waals surface area contributed by atoms with E-state index in [-0.39, 0.29) is 6.04 Å². The number of hydrogen-bond donors (Lipinski definition) is 1. The van der Waals surface area contributed by atoms with Crippen molar-refractivity contribution in [2.75, 3.05) is 14.2 Å². The van der Waals surface area contributed by atoms with Crippen LogP contribution in [0.15, 0.2) is 39.3 Å². The first-order chi connectivity index (χ1) is 9.97. The maximum Gasteiger partial charge on any atom is 0.161 e. The fourth-order valence-electron chi connectivity index (χ4n) is 2.03. The first-order valence-electron chi connectivity index (χ1n) is 6.10. The summed E-state index contributed by atoms with van der Waals surface area (Å²) in [6.45, 7) is 0. The molecule has 0 aliphatic carbocycles. The molecule has 2 aromatic carbocycles. The SMILES string of the molecule is COc1cc(Br)c(C(N)c2ccc(Cl)cc2Br)cc1OC. The van der Waals surface area contributed by atoms with E-state index >= 15 is 0 Å². The first kappa shape index (κ1) is 16.6. The topological polar surface area (TPSA) is 44.5 Å². The summed E-state index contributed by atoms with van der Waals surface area (Å²) in [5.74, 6) is 1.28. The lowest BCUT2D eigenvalue weighted by Gasteiger charge is -2.18. The minimum Gasteiger partial charge on any atom is -0.493 e. The standard InChI is InChI=1S/C15H14Br2ClNO2/c1-20-13-6-10(12(17)7-14(13)21-2)15(19)9-4-3-8(18)5-11(9)16/h3-7,15H,19H2,1-2H3. The van der Waals surface area contributed by atoms with E-state index in [0.29, 0.717) is 16.5 Å². The molecule has 112 valence electrons. The number of nitrogens with two attached hydrogens (primary N) is 1. The highest BCUT2D eigenvalue weighted by molar-refractivity contribution is 9.10. The Morgan fingerprint density at radius 3 is 2.10 bits per heavy atom. The third-order valence-electron chi connectivity index (χ3n) is 3.14. The van der Waals surface area contributed by atoms with Crippen molar-refractivity contribution in [3.8, 4) is 11.5 Å². The summed E-state index contributed by atoms with van der Waals surface area (Å²) in [4.78, 5) is 0. The zero-order valence-electron chi connectivity index (χ0n) is 11.5. The van der Waals surface area contributed by atoms with Crippen LogP contribution in [-0.2, 0) is 0 Å². The van der Waals surface area contributed by atoms with Crippen molar-refractivity contribution in [3.05, 3.63) is 55.4 Å². The summed E-state index contributed by atoms with van der Waals surface area (Å²) in [6, 6.07) is 8.93. The van der Waals surface area contributed by atoms with Gasteiger partial charge in [0.05, 0.1) is 20.3 Å². The van der Waals surface area contributed by atoms with Crippen molar-refractivity contribution in [1.82, 2.24) is 0 Å². The van der Waals surface area contributed by atoms with Crippen molar-refractivity contribution in [2.45, 2.75) is 6.04 Å². The molecule has 0 fully saturated rings. The maximum absolute atomic E-state index is 6.38. The molecule has 21 heavy (non-hydrogen) atoms. The van der Waals surface area contributed by atoms with Gasteiger partial charge in [0.2, 0.25) is 0 Å². The summed E-state index contributed by atoms with van der Waals surface area (Å²) in [5, 5.41) is 0.657. The molecule has 3 nitrogen and oxygen atoms in total. The summed E-state index contributed by atoms with van der Waals surface area (Å²) in [6.07, 6.45) is 0. The molecule has 0 amide bonds. The Bertz CT molecular complexity index is 664. The molecule has 2 aromatic rings. The molecule has 0 radical (unpaired) electrons. The zero-order valence-corrected chi connectivity index (χ0v) is 15.4. The number of methoxy groups -OCH3 is 2. The Labute approximate surface area is 145 Å². The molecule has 1 unspecified atom stereocenters. The van der Waals surface area contributed by atoms with E-state index in [2.05, 4.69) is 31.9 Å². The molecule has 6 heteroatoms. The van der Waals surface area contributed by atoms with Gasteiger partial charge < -0.3 is 15.2 Å². The summed E-state index contributed by atoms with van der Waals surface area (Å²) in [5.41, 5.74) is 8.22. The third-order valence-corrected chi connectivity index (χ3v) is 4.74. The Balaban J connectivity index is 2.50. The molecule has 0 heterocycles. The van der Waals surface area contributed by atoms with E-state index in [1.807, 2.05) is 30.3 Å². The van der Waals surface area contributed by atoms with Crippen molar-refractivity contribution < 1.29 is 9.47 Å². The quantitative estimate of drug-likeness (QED) is 0.741. The van der Waals surface area contributed by atoms with Gasteiger partial charge >= 0.3 is 0 Å². The predicted octanol–water partition coefficient (Wildman–Crippen LogP) is 4.93. The first-order valence-corrected chi connectivity index (χ1v) is 8.06. The van der Waals surface area contributed by atoms with Crippen LogP contribution in [-0.4, -0.2) is 14.2 Å². The second-order valence-corrected chi connectivity index (χ2v) is 6.52. The van der Waals surface area contributed by atoms with Gasteiger partial charge in [0, 0.05) is 14.0 Å². The van der Waals surface area contributed by atoms with Gasteiger partial charge in [-0.25, -0.2) is 0 Å². The van der Waals surface area contributed by atoms with Crippen LogP contribution in [0.1, 0.15) is 17.2 Å². The highest BCUT2D eigenvalue weighted by Gasteiger charge is 2.18. The van der Waals surface area contributed by atoms with Crippen LogP contribution in [0.4, 0.5) is 0 Å². The fourth-order valence-corrected chi connectivity index (χ4v) is 3.53. The van der Waals surface area contributed by atoms with Gasteiger partial charge in [-0.05, 0) is 35.4 Å². The van der Waals surface area contributed by atoms with Crippen molar-refractivity contribution in [1.29, 1.82) is 0 Å². The Hall–Kier alpha value is -0.750. The van der Waals surface area contributed by atoms with E-state index in [1.54, 1.807) is 14.2 Å². The van der Waals surface area contributed by atoms with Crippen molar-refractivity contribution in [2.24, 2.45) is 5.73 Å². The lowest BCUT2D eigenvalue weighted by Crippen LogP contribution is -2.13. The van der Waals surface area contributed by atoms with E-state index < -0.39 is 0 Å². The smallest absolute Gasteiger partial charge is 0.161 e. The molecule has 2 rings (SSSR count). The monoisotopic (exact) mass is 433 g/mol. The van der Waals surface area contributed by atoms with Crippen LogP contribution in [0.3, 0.4) is 0 Å².